The van der Waals surface area contributed by atoms with Crippen molar-refractivity contribution in [1.82, 2.24) is 10.6 Å². The van der Waals surface area contributed by atoms with Crippen LogP contribution in [0.5, 0.6) is 11.5 Å². The highest BCUT2D eigenvalue weighted by Gasteiger charge is 2.28. The molecular formula is C33H52N2O2. The van der Waals surface area contributed by atoms with Crippen molar-refractivity contribution < 1.29 is 10.2 Å². The molecule has 0 spiro atoms. The van der Waals surface area contributed by atoms with Crippen LogP contribution in [0.25, 0.3) is 0 Å². The van der Waals surface area contributed by atoms with Crippen molar-refractivity contribution >= 4 is 0 Å². The number of hydrogen-bond donors (Lipinski definition) is 4. The normalized spacial score (nSPS) is 19.3. The van der Waals surface area contributed by atoms with Crippen LogP contribution in [0.3, 0.4) is 0 Å². The van der Waals surface area contributed by atoms with Gasteiger partial charge in [0, 0.05) is 36.3 Å². The number of aromatic hydroxyl groups is 2. The lowest BCUT2D eigenvalue weighted by Gasteiger charge is -2.34. The van der Waals surface area contributed by atoms with Crippen molar-refractivity contribution in [2.75, 3.05) is 0 Å². The summed E-state index contributed by atoms with van der Waals surface area (Å²) in [7, 11) is 0. The third-order valence-electron chi connectivity index (χ3n) is 7.88. The van der Waals surface area contributed by atoms with E-state index in [9.17, 15) is 10.2 Å². The lowest BCUT2D eigenvalue weighted by atomic mass is 9.79. The van der Waals surface area contributed by atoms with E-state index in [0.717, 1.165) is 35.1 Å². The van der Waals surface area contributed by atoms with Gasteiger partial charge in [0.2, 0.25) is 0 Å². The zero-order valence-corrected chi connectivity index (χ0v) is 25.1. The van der Waals surface area contributed by atoms with Crippen LogP contribution in [-0.2, 0) is 29.3 Å². The monoisotopic (exact) mass is 508 g/mol. The fourth-order valence-electron chi connectivity index (χ4n) is 5.50. The van der Waals surface area contributed by atoms with Crippen LogP contribution < -0.4 is 10.6 Å². The van der Waals surface area contributed by atoms with Gasteiger partial charge in [0.25, 0.3) is 0 Å². The molecule has 2 atom stereocenters. The van der Waals surface area contributed by atoms with Gasteiger partial charge in [0.05, 0.1) is 0 Å². The van der Waals surface area contributed by atoms with E-state index in [0.29, 0.717) is 36.7 Å². The molecule has 0 unspecified atom stereocenters. The average molecular weight is 509 g/mol. The van der Waals surface area contributed by atoms with Crippen molar-refractivity contribution in [3.05, 3.63) is 57.6 Å². The maximum atomic E-state index is 11.2. The first-order valence-electron chi connectivity index (χ1n) is 14.1. The van der Waals surface area contributed by atoms with Crippen molar-refractivity contribution in [3.63, 3.8) is 0 Å². The topological polar surface area (TPSA) is 64.5 Å². The summed E-state index contributed by atoms with van der Waals surface area (Å²) >= 11 is 0. The molecule has 0 bridgehead atoms. The van der Waals surface area contributed by atoms with E-state index in [2.05, 4.69) is 104 Å². The molecule has 2 aromatic carbocycles. The Balaban J connectivity index is 1.79. The number of nitrogens with one attached hydrogen (secondary N) is 2. The molecule has 3 rings (SSSR count). The molecule has 4 heteroatoms. The predicted molar refractivity (Wildman–Crippen MR) is 157 cm³/mol. The van der Waals surface area contributed by atoms with Crippen LogP contribution in [-0.4, -0.2) is 22.3 Å². The molecule has 37 heavy (non-hydrogen) atoms. The van der Waals surface area contributed by atoms with Gasteiger partial charge in [-0.3, -0.25) is 0 Å². The molecule has 0 heterocycles. The smallest absolute Gasteiger partial charge is 0.123 e. The minimum Gasteiger partial charge on any atom is -0.507 e. The molecule has 0 saturated heterocycles. The maximum absolute atomic E-state index is 11.2. The summed E-state index contributed by atoms with van der Waals surface area (Å²) < 4.78 is 0. The number of benzene rings is 2. The molecule has 1 aliphatic carbocycles. The van der Waals surface area contributed by atoms with E-state index in [-0.39, 0.29) is 16.2 Å². The zero-order valence-electron chi connectivity index (χ0n) is 25.1. The molecule has 0 radical (unpaired) electrons. The van der Waals surface area contributed by atoms with Crippen molar-refractivity contribution in [1.29, 1.82) is 0 Å². The number of hydrogen-bond acceptors (Lipinski definition) is 4. The van der Waals surface area contributed by atoms with Crippen molar-refractivity contribution in [2.24, 2.45) is 0 Å². The summed E-state index contributed by atoms with van der Waals surface area (Å²) in [4.78, 5) is 0. The Kier molecular flexibility index (Phi) is 8.76. The first-order valence-corrected chi connectivity index (χ1v) is 14.1. The number of aryl methyl sites for hydroxylation is 1. The first kappa shape index (κ1) is 29.5. The van der Waals surface area contributed by atoms with E-state index in [1.807, 2.05) is 0 Å². The molecule has 1 fully saturated rings. The second-order valence-corrected chi connectivity index (χ2v) is 14.4. The SMILES string of the molecule is Cc1cc(CN[C@@H]2CCCC[C@H]2NCc2cc(C(C)(C)C)cc(C(C)(C)C)c2O)c(O)c(C(C)(C)C)c1. The van der Waals surface area contributed by atoms with Gasteiger partial charge >= 0.3 is 0 Å². The summed E-state index contributed by atoms with van der Waals surface area (Å²) in [6, 6.07) is 9.21. The van der Waals surface area contributed by atoms with Gasteiger partial charge in [-0.15, -0.1) is 0 Å². The number of phenolic OH excluding ortho intramolecular Hbond substituents is 2. The fraction of sp³-hybridized carbons (Fsp3) is 0.636. The van der Waals surface area contributed by atoms with Crippen LogP contribution in [0.2, 0.25) is 0 Å². The van der Waals surface area contributed by atoms with Gasteiger partial charge in [-0.1, -0.05) is 105 Å². The molecule has 1 aliphatic rings. The van der Waals surface area contributed by atoms with Gasteiger partial charge in [0.15, 0.2) is 0 Å². The van der Waals surface area contributed by atoms with Gasteiger partial charge in [-0.05, 0) is 52.7 Å². The molecule has 4 N–H and O–H groups in total. The Morgan fingerprint density at radius 3 is 1.51 bits per heavy atom. The Morgan fingerprint density at radius 2 is 1.08 bits per heavy atom. The summed E-state index contributed by atoms with van der Waals surface area (Å²) in [5.74, 6) is 0.845. The molecular weight excluding hydrogens is 456 g/mol. The third kappa shape index (κ3) is 7.29. The zero-order chi connectivity index (χ0) is 27.8. The van der Waals surface area contributed by atoms with E-state index in [1.54, 1.807) is 0 Å². The third-order valence-corrected chi connectivity index (χ3v) is 7.88. The molecule has 0 aromatic heterocycles. The summed E-state index contributed by atoms with van der Waals surface area (Å²) in [5.41, 5.74) is 6.20. The second-order valence-electron chi connectivity index (χ2n) is 14.4. The Labute approximate surface area is 226 Å². The van der Waals surface area contributed by atoms with Crippen LogP contribution in [0, 0.1) is 6.92 Å². The maximum Gasteiger partial charge on any atom is 0.123 e. The number of phenols is 2. The second kappa shape index (κ2) is 11.0. The first-order chi connectivity index (χ1) is 17.0. The minimum atomic E-state index is -0.128. The quantitative estimate of drug-likeness (QED) is 0.326. The van der Waals surface area contributed by atoms with E-state index in [4.69, 9.17) is 0 Å². The lowest BCUT2D eigenvalue weighted by Crippen LogP contribution is -2.49. The van der Waals surface area contributed by atoms with Gasteiger partial charge < -0.3 is 20.8 Å². The van der Waals surface area contributed by atoms with Crippen LogP contribution in [0.4, 0.5) is 0 Å². The predicted octanol–water partition coefficient (Wildman–Crippen LogP) is 7.49. The highest BCUT2D eigenvalue weighted by molar-refractivity contribution is 5.49. The molecule has 1 saturated carbocycles. The van der Waals surface area contributed by atoms with E-state index < -0.39 is 0 Å². The standard InChI is InChI=1S/C33H52N2O2/c1-21-15-22(29(36)25(16-21)32(5,6)7)19-34-27-13-11-12-14-28(27)35-20-23-17-24(31(2,3)4)18-26(30(23)37)33(8,9)10/h15-18,27-28,34-37H,11-14,19-20H2,1-10H3/t27-,28-/m1/s1. The van der Waals surface area contributed by atoms with Crippen molar-refractivity contribution in [3.8, 4) is 11.5 Å². The minimum absolute atomic E-state index is 0.0130. The summed E-state index contributed by atoms with van der Waals surface area (Å²) in [6.45, 7) is 23.0. The summed E-state index contributed by atoms with van der Waals surface area (Å²) in [5, 5.41) is 29.8. The van der Waals surface area contributed by atoms with Crippen LogP contribution in [0.15, 0.2) is 24.3 Å². The lowest BCUT2D eigenvalue weighted by molar-refractivity contribution is 0.279. The Hall–Kier alpha value is -2.04. The summed E-state index contributed by atoms with van der Waals surface area (Å²) in [6.07, 6.45) is 4.64. The average Bonchev–Trinajstić information content (AvgIpc) is 2.77. The van der Waals surface area contributed by atoms with Crippen molar-refractivity contribution in [2.45, 2.75) is 136 Å². The van der Waals surface area contributed by atoms with Crippen LogP contribution in [0.1, 0.15) is 121 Å². The van der Waals surface area contributed by atoms with Crippen LogP contribution >= 0.6 is 0 Å². The Morgan fingerprint density at radius 1 is 0.649 bits per heavy atom. The molecule has 0 aliphatic heterocycles. The fourth-order valence-corrected chi connectivity index (χ4v) is 5.50. The van der Waals surface area contributed by atoms with Gasteiger partial charge in [0.1, 0.15) is 11.5 Å². The number of rotatable bonds is 6. The van der Waals surface area contributed by atoms with E-state index >= 15 is 0 Å². The van der Waals surface area contributed by atoms with Gasteiger partial charge in [-0.25, -0.2) is 0 Å². The highest BCUT2D eigenvalue weighted by atomic mass is 16.3. The van der Waals surface area contributed by atoms with E-state index in [1.165, 1.54) is 24.0 Å². The Bertz CT molecular complexity index is 1080. The largest absolute Gasteiger partial charge is 0.507 e. The molecule has 2 aromatic rings. The molecule has 0 amide bonds. The molecule has 206 valence electrons. The highest BCUT2D eigenvalue weighted by Crippen LogP contribution is 2.38. The molecule has 4 nitrogen and oxygen atoms in total. The van der Waals surface area contributed by atoms with Gasteiger partial charge in [-0.2, -0.15) is 0 Å².